The van der Waals surface area contributed by atoms with Crippen LogP contribution in [0.5, 0.6) is 0 Å². The number of hydrogen-bond donors (Lipinski definition) is 1. The van der Waals surface area contributed by atoms with Gasteiger partial charge in [-0.25, -0.2) is 8.42 Å². The minimum atomic E-state index is -3.38. The summed E-state index contributed by atoms with van der Waals surface area (Å²) in [6.45, 7) is 4.64. The Morgan fingerprint density at radius 2 is 2.23 bits per heavy atom. The topological polar surface area (TPSA) is 94.3 Å². The molecule has 0 radical (unpaired) electrons. The lowest BCUT2D eigenvalue weighted by Gasteiger charge is -2.12. The van der Waals surface area contributed by atoms with E-state index in [9.17, 15) is 8.42 Å². The van der Waals surface area contributed by atoms with Crippen molar-refractivity contribution in [3.8, 4) is 11.5 Å². The number of nitrogens with one attached hydrogen (secondary N) is 1. The van der Waals surface area contributed by atoms with E-state index in [-0.39, 0.29) is 5.75 Å². The van der Waals surface area contributed by atoms with Gasteiger partial charge in [0.05, 0.1) is 24.5 Å². The van der Waals surface area contributed by atoms with Gasteiger partial charge in [-0.2, -0.15) is 4.98 Å². The van der Waals surface area contributed by atoms with Crippen LogP contribution >= 0.6 is 11.3 Å². The zero-order valence-electron chi connectivity index (χ0n) is 12.4. The number of sulfonamides is 1. The van der Waals surface area contributed by atoms with Crippen molar-refractivity contribution in [2.75, 3.05) is 17.1 Å². The van der Waals surface area contributed by atoms with Gasteiger partial charge in [-0.1, -0.05) is 12.1 Å². The van der Waals surface area contributed by atoms with Crippen molar-refractivity contribution in [2.45, 2.75) is 33.3 Å². The van der Waals surface area contributed by atoms with Gasteiger partial charge in [0.1, 0.15) is 5.00 Å². The van der Waals surface area contributed by atoms with Gasteiger partial charge >= 0.3 is 0 Å². The van der Waals surface area contributed by atoms with Gasteiger partial charge < -0.3 is 9.26 Å². The smallest absolute Gasteiger partial charge is 0.261 e. The zero-order valence-corrected chi connectivity index (χ0v) is 14.0. The Labute approximate surface area is 132 Å². The molecule has 1 aliphatic rings. The standard InChI is InChI=1S/C13H17N3O4S2/c1-3-6-22(17,18)16-13-11(12-14-8(2)15-20-12)9-4-5-19-7-10(9)21-13/h16H,3-7H2,1-2H3. The third-order valence-electron chi connectivity index (χ3n) is 3.28. The highest BCUT2D eigenvalue weighted by Gasteiger charge is 2.27. The van der Waals surface area contributed by atoms with Crippen molar-refractivity contribution >= 4 is 26.4 Å². The van der Waals surface area contributed by atoms with E-state index in [1.54, 1.807) is 6.92 Å². The van der Waals surface area contributed by atoms with Gasteiger partial charge in [0.25, 0.3) is 5.89 Å². The molecule has 0 saturated carbocycles. The molecule has 2 aromatic rings. The van der Waals surface area contributed by atoms with Gasteiger partial charge in [0.15, 0.2) is 5.82 Å². The first kappa shape index (κ1) is 15.4. The molecule has 0 bridgehead atoms. The largest absolute Gasteiger partial charge is 0.376 e. The first-order chi connectivity index (χ1) is 10.5. The van der Waals surface area contributed by atoms with Crippen molar-refractivity contribution in [3.63, 3.8) is 0 Å². The number of thiophene rings is 1. The fourth-order valence-electron chi connectivity index (χ4n) is 2.39. The second-order valence-electron chi connectivity index (χ2n) is 5.08. The second-order valence-corrected chi connectivity index (χ2v) is 8.03. The van der Waals surface area contributed by atoms with E-state index in [4.69, 9.17) is 9.26 Å². The second kappa shape index (κ2) is 5.98. The van der Waals surface area contributed by atoms with E-state index in [1.807, 2.05) is 6.92 Å². The predicted molar refractivity (Wildman–Crippen MR) is 83.4 cm³/mol. The van der Waals surface area contributed by atoms with Crippen LogP contribution in [-0.2, 0) is 27.8 Å². The van der Waals surface area contributed by atoms with Crippen LogP contribution in [0.3, 0.4) is 0 Å². The summed E-state index contributed by atoms with van der Waals surface area (Å²) in [4.78, 5) is 5.26. The van der Waals surface area contributed by atoms with Crippen molar-refractivity contribution in [3.05, 3.63) is 16.3 Å². The van der Waals surface area contributed by atoms with Crippen LogP contribution in [0.1, 0.15) is 29.6 Å². The van der Waals surface area contributed by atoms with Crippen LogP contribution in [0, 0.1) is 6.92 Å². The first-order valence-electron chi connectivity index (χ1n) is 7.03. The molecule has 9 heteroatoms. The lowest BCUT2D eigenvalue weighted by Crippen LogP contribution is -2.16. The summed E-state index contributed by atoms with van der Waals surface area (Å²) >= 11 is 1.38. The van der Waals surface area contributed by atoms with E-state index in [1.165, 1.54) is 11.3 Å². The molecule has 0 fully saturated rings. The number of nitrogens with zero attached hydrogens (tertiary/aromatic N) is 2. The van der Waals surface area contributed by atoms with Gasteiger partial charge in [-0.3, -0.25) is 4.72 Å². The number of hydrogen-bond acceptors (Lipinski definition) is 7. The first-order valence-corrected chi connectivity index (χ1v) is 9.50. The van der Waals surface area contributed by atoms with Gasteiger partial charge in [-0.15, -0.1) is 11.3 Å². The Bertz CT molecular complexity index is 779. The third kappa shape index (κ3) is 3.01. The van der Waals surface area contributed by atoms with Crippen molar-refractivity contribution in [2.24, 2.45) is 0 Å². The summed E-state index contributed by atoms with van der Waals surface area (Å²) < 4.78 is 37.6. The molecule has 1 N–H and O–H groups in total. The maximum atomic E-state index is 12.1. The van der Waals surface area contributed by atoms with Gasteiger partial charge in [0.2, 0.25) is 10.0 Å². The van der Waals surface area contributed by atoms with Crippen molar-refractivity contribution in [1.29, 1.82) is 0 Å². The SMILES string of the molecule is CCCS(=O)(=O)Nc1sc2c(c1-c1nc(C)no1)CCOC2. The van der Waals surface area contributed by atoms with E-state index in [0.717, 1.165) is 10.4 Å². The Morgan fingerprint density at radius 1 is 1.41 bits per heavy atom. The maximum absolute atomic E-state index is 12.1. The molecule has 0 spiro atoms. The third-order valence-corrected chi connectivity index (χ3v) is 5.99. The average molecular weight is 343 g/mol. The molecule has 0 aromatic carbocycles. The molecule has 0 amide bonds. The summed E-state index contributed by atoms with van der Waals surface area (Å²) in [5, 5.41) is 4.34. The lowest BCUT2D eigenvalue weighted by atomic mass is 10.1. The maximum Gasteiger partial charge on any atom is 0.261 e. The molecular weight excluding hydrogens is 326 g/mol. The zero-order chi connectivity index (χ0) is 15.7. The number of ether oxygens (including phenoxy) is 1. The predicted octanol–water partition coefficient (Wildman–Crippen LogP) is 2.33. The number of aryl methyl sites for hydroxylation is 1. The summed E-state index contributed by atoms with van der Waals surface area (Å²) in [5.74, 6) is 0.949. The number of aromatic nitrogens is 2. The fraction of sp³-hybridized carbons (Fsp3) is 0.538. The molecule has 0 aliphatic carbocycles. The molecule has 120 valence electrons. The minimum absolute atomic E-state index is 0.0777. The Hall–Kier alpha value is -1.45. The monoisotopic (exact) mass is 343 g/mol. The van der Waals surface area contributed by atoms with Crippen LogP contribution < -0.4 is 4.72 Å². The molecule has 3 rings (SSSR count). The summed E-state index contributed by atoms with van der Waals surface area (Å²) in [5.41, 5.74) is 1.73. The van der Waals surface area contributed by atoms with Gasteiger partial charge in [-0.05, 0) is 25.3 Å². The Kier molecular flexibility index (Phi) is 4.20. The number of rotatable bonds is 5. The van der Waals surface area contributed by atoms with E-state index >= 15 is 0 Å². The molecule has 0 saturated heterocycles. The van der Waals surface area contributed by atoms with Crippen molar-refractivity contribution < 1.29 is 17.7 Å². The Balaban J connectivity index is 2.07. The van der Waals surface area contributed by atoms with Crippen LogP contribution in [0.15, 0.2) is 4.52 Å². The summed E-state index contributed by atoms with van der Waals surface area (Å²) in [6, 6.07) is 0. The molecule has 7 nitrogen and oxygen atoms in total. The molecule has 22 heavy (non-hydrogen) atoms. The molecule has 0 unspecified atom stereocenters. The van der Waals surface area contributed by atoms with Crippen LogP contribution in [0.2, 0.25) is 0 Å². The molecule has 2 aromatic heterocycles. The van der Waals surface area contributed by atoms with E-state index in [0.29, 0.717) is 48.3 Å². The van der Waals surface area contributed by atoms with E-state index in [2.05, 4.69) is 14.9 Å². The highest BCUT2D eigenvalue weighted by molar-refractivity contribution is 7.92. The summed E-state index contributed by atoms with van der Waals surface area (Å²) in [6.07, 6.45) is 1.26. The van der Waals surface area contributed by atoms with Crippen LogP contribution in [0.4, 0.5) is 5.00 Å². The minimum Gasteiger partial charge on any atom is -0.376 e. The molecule has 1 aliphatic heterocycles. The van der Waals surface area contributed by atoms with Crippen LogP contribution in [0.25, 0.3) is 11.5 Å². The van der Waals surface area contributed by atoms with Crippen LogP contribution in [-0.4, -0.2) is 30.9 Å². The number of anilines is 1. The lowest BCUT2D eigenvalue weighted by molar-refractivity contribution is 0.113. The normalized spacial score (nSPS) is 14.8. The Morgan fingerprint density at radius 3 is 2.91 bits per heavy atom. The quantitative estimate of drug-likeness (QED) is 0.895. The van der Waals surface area contributed by atoms with Crippen molar-refractivity contribution in [1.82, 2.24) is 10.1 Å². The van der Waals surface area contributed by atoms with Gasteiger partial charge in [0, 0.05) is 4.88 Å². The molecular formula is C13H17N3O4S2. The van der Waals surface area contributed by atoms with E-state index < -0.39 is 10.0 Å². The highest BCUT2D eigenvalue weighted by atomic mass is 32.2. The number of fused-ring (bicyclic) bond motifs is 1. The highest BCUT2D eigenvalue weighted by Crippen LogP contribution is 2.42. The average Bonchev–Trinajstić information content (AvgIpc) is 3.00. The molecule has 0 atom stereocenters. The summed E-state index contributed by atoms with van der Waals surface area (Å²) in [7, 11) is -3.38. The fourth-order valence-corrected chi connectivity index (χ4v) is 4.99. The molecule has 3 heterocycles.